The number of aromatic nitrogens is 2. The Bertz CT molecular complexity index is 529. The zero-order valence-electron chi connectivity index (χ0n) is 8.68. The molecule has 3 N–H and O–H groups in total. The summed E-state index contributed by atoms with van der Waals surface area (Å²) in [5.41, 5.74) is 7.09. The van der Waals surface area contributed by atoms with E-state index in [2.05, 4.69) is 20.0 Å². The first-order valence-corrected chi connectivity index (χ1v) is 5.54. The van der Waals surface area contributed by atoms with Gasteiger partial charge in [-0.25, -0.2) is 0 Å². The molecular formula is C10H9ClN4OS. The van der Waals surface area contributed by atoms with E-state index in [1.54, 1.807) is 18.2 Å². The summed E-state index contributed by atoms with van der Waals surface area (Å²) < 4.78 is 4.63. The minimum absolute atomic E-state index is 0.303. The normalized spacial score (nSPS) is 10.2. The summed E-state index contributed by atoms with van der Waals surface area (Å²) in [6, 6.07) is 5.24. The van der Waals surface area contributed by atoms with E-state index >= 15 is 0 Å². The number of anilines is 1. The van der Waals surface area contributed by atoms with Crippen molar-refractivity contribution in [1.29, 1.82) is 0 Å². The monoisotopic (exact) mass is 268 g/mol. The third-order valence-corrected chi connectivity index (χ3v) is 2.55. The van der Waals surface area contributed by atoms with Gasteiger partial charge in [0.2, 0.25) is 6.39 Å². The number of thiocarbonyl (C=S) groups is 1. The lowest BCUT2D eigenvalue weighted by molar-refractivity contribution is 0.411. The molecule has 2 aromatic rings. The van der Waals surface area contributed by atoms with Gasteiger partial charge in [0.15, 0.2) is 5.82 Å². The van der Waals surface area contributed by atoms with Crippen LogP contribution in [-0.4, -0.2) is 15.1 Å². The van der Waals surface area contributed by atoms with E-state index in [-0.39, 0.29) is 0 Å². The van der Waals surface area contributed by atoms with Gasteiger partial charge >= 0.3 is 0 Å². The van der Waals surface area contributed by atoms with E-state index in [1.165, 1.54) is 6.39 Å². The van der Waals surface area contributed by atoms with Gasteiger partial charge in [-0.1, -0.05) is 29.0 Å². The first kappa shape index (κ1) is 11.8. The van der Waals surface area contributed by atoms with Crippen molar-refractivity contribution in [2.45, 2.75) is 6.54 Å². The molecule has 0 radical (unpaired) electrons. The van der Waals surface area contributed by atoms with Crippen molar-refractivity contribution in [2.75, 3.05) is 5.32 Å². The van der Waals surface area contributed by atoms with Gasteiger partial charge in [-0.05, 0) is 18.2 Å². The molecule has 0 aliphatic heterocycles. The van der Waals surface area contributed by atoms with Crippen LogP contribution in [0, 0.1) is 0 Å². The average Bonchev–Trinajstić information content (AvgIpc) is 2.78. The molecule has 0 saturated carbocycles. The summed E-state index contributed by atoms with van der Waals surface area (Å²) >= 11 is 10.9. The molecule has 88 valence electrons. The SMILES string of the molecule is NC(=S)c1ccc(Cl)cc1NCc1ncon1. The van der Waals surface area contributed by atoms with Crippen molar-refractivity contribution in [3.05, 3.63) is 41.0 Å². The summed E-state index contributed by atoms with van der Waals surface area (Å²) in [6.07, 6.45) is 1.27. The van der Waals surface area contributed by atoms with Crippen molar-refractivity contribution in [3.8, 4) is 0 Å². The maximum absolute atomic E-state index is 5.91. The number of halogens is 1. The van der Waals surface area contributed by atoms with E-state index in [0.717, 1.165) is 11.3 Å². The van der Waals surface area contributed by atoms with E-state index < -0.39 is 0 Å². The average molecular weight is 269 g/mol. The van der Waals surface area contributed by atoms with Crippen LogP contribution in [0.5, 0.6) is 0 Å². The highest BCUT2D eigenvalue weighted by Gasteiger charge is 2.07. The second kappa shape index (κ2) is 5.11. The highest BCUT2D eigenvalue weighted by molar-refractivity contribution is 7.80. The minimum Gasteiger partial charge on any atom is -0.389 e. The predicted octanol–water partition coefficient (Wildman–Crippen LogP) is 1.97. The van der Waals surface area contributed by atoms with Crippen LogP contribution in [0.3, 0.4) is 0 Å². The van der Waals surface area contributed by atoms with Crippen molar-refractivity contribution >= 4 is 34.5 Å². The van der Waals surface area contributed by atoms with Gasteiger partial charge in [0.05, 0.1) is 6.54 Å². The van der Waals surface area contributed by atoms with Crippen LogP contribution in [0.4, 0.5) is 5.69 Å². The minimum atomic E-state index is 0.303. The van der Waals surface area contributed by atoms with Crippen LogP contribution in [0.15, 0.2) is 29.1 Å². The molecule has 0 saturated heterocycles. The number of nitrogens with two attached hydrogens (primary N) is 1. The van der Waals surface area contributed by atoms with Gasteiger partial charge in [-0.15, -0.1) is 0 Å². The predicted molar refractivity (Wildman–Crippen MR) is 69.0 cm³/mol. The molecular weight excluding hydrogens is 260 g/mol. The molecule has 0 aliphatic carbocycles. The highest BCUT2D eigenvalue weighted by Crippen LogP contribution is 2.21. The number of benzene rings is 1. The fraction of sp³-hybridized carbons (Fsp3) is 0.100. The van der Waals surface area contributed by atoms with Gasteiger partial charge in [-0.3, -0.25) is 0 Å². The lowest BCUT2D eigenvalue weighted by Gasteiger charge is -2.09. The Morgan fingerprint density at radius 1 is 1.53 bits per heavy atom. The lowest BCUT2D eigenvalue weighted by atomic mass is 10.2. The molecule has 0 fully saturated rings. The molecule has 0 spiro atoms. The number of rotatable bonds is 4. The molecule has 5 nitrogen and oxygen atoms in total. The molecule has 1 aromatic heterocycles. The Morgan fingerprint density at radius 3 is 3.00 bits per heavy atom. The van der Waals surface area contributed by atoms with Gasteiger partial charge in [0.25, 0.3) is 0 Å². The Balaban J connectivity index is 2.19. The Hall–Kier alpha value is -1.66. The largest absolute Gasteiger partial charge is 0.389 e. The third kappa shape index (κ3) is 2.92. The summed E-state index contributed by atoms with van der Waals surface area (Å²) in [6.45, 7) is 0.409. The van der Waals surface area contributed by atoms with E-state index in [0.29, 0.717) is 22.4 Å². The summed E-state index contributed by atoms with van der Waals surface area (Å²) in [7, 11) is 0. The fourth-order valence-corrected chi connectivity index (χ4v) is 1.67. The molecule has 0 amide bonds. The van der Waals surface area contributed by atoms with Crippen LogP contribution in [0.25, 0.3) is 0 Å². The number of nitrogens with zero attached hydrogens (tertiary/aromatic N) is 2. The molecule has 17 heavy (non-hydrogen) atoms. The molecule has 0 bridgehead atoms. The standard InChI is InChI=1S/C10H9ClN4OS/c11-6-1-2-7(10(12)17)8(3-6)13-4-9-14-5-16-15-9/h1-3,5,13H,4H2,(H2,12,17). The van der Waals surface area contributed by atoms with Crippen LogP contribution in [0.1, 0.15) is 11.4 Å². The molecule has 0 aliphatic rings. The third-order valence-electron chi connectivity index (χ3n) is 2.09. The Kier molecular flexibility index (Phi) is 3.55. The Morgan fingerprint density at radius 2 is 2.35 bits per heavy atom. The van der Waals surface area contributed by atoms with E-state index in [1.807, 2.05) is 0 Å². The Labute approximate surface area is 108 Å². The molecule has 2 rings (SSSR count). The van der Waals surface area contributed by atoms with Crippen molar-refractivity contribution < 1.29 is 4.52 Å². The van der Waals surface area contributed by atoms with Gasteiger partial charge < -0.3 is 15.6 Å². The molecule has 7 heteroatoms. The second-order valence-electron chi connectivity index (χ2n) is 3.26. The number of hydrogen-bond donors (Lipinski definition) is 2. The van der Waals surface area contributed by atoms with Crippen LogP contribution in [-0.2, 0) is 6.54 Å². The highest BCUT2D eigenvalue weighted by atomic mass is 35.5. The quantitative estimate of drug-likeness (QED) is 0.826. The molecule has 0 unspecified atom stereocenters. The fourth-order valence-electron chi connectivity index (χ4n) is 1.32. The van der Waals surface area contributed by atoms with Gasteiger partial charge in [0.1, 0.15) is 4.99 Å². The van der Waals surface area contributed by atoms with Crippen LogP contribution < -0.4 is 11.1 Å². The summed E-state index contributed by atoms with van der Waals surface area (Å²) in [4.78, 5) is 4.19. The first-order valence-electron chi connectivity index (χ1n) is 4.75. The number of nitrogens with one attached hydrogen (secondary N) is 1. The smallest absolute Gasteiger partial charge is 0.213 e. The maximum Gasteiger partial charge on any atom is 0.213 e. The molecule has 0 atom stereocenters. The second-order valence-corrected chi connectivity index (χ2v) is 4.13. The zero-order chi connectivity index (χ0) is 12.3. The van der Waals surface area contributed by atoms with Crippen LogP contribution in [0.2, 0.25) is 5.02 Å². The van der Waals surface area contributed by atoms with Gasteiger partial charge in [-0.2, -0.15) is 4.98 Å². The summed E-state index contributed by atoms with van der Waals surface area (Å²) in [5, 5.41) is 7.38. The van der Waals surface area contributed by atoms with Crippen molar-refractivity contribution in [1.82, 2.24) is 10.1 Å². The van der Waals surface area contributed by atoms with Crippen LogP contribution >= 0.6 is 23.8 Å². The molecule has 1 aromatic carbocycles. The first-order chi connectivity index (χ1) is 8.16. The van der Waals surface area contributed by atoms with E-state index in [4.69, 9.17) is 29.6 Å². The maximum atomic E-state index is 5.91. The van der Waals surface area contributed by atoms with E-state index in [9.17, 15) is 0 Å². The summed E-state index contributed by atoms with van der Waals surface area (Å²) in [5.74, 6) is 0.541. The van der Waals surface area contributed by atoms with Gasteiger partial charge in [0, 0.05) is 16.3 Å². The zero-order valence-corrected chi connectivity index (χ0v) is 10.3. The van der Waals surface area contributed by atoms with Crippen molar-refractivity contribution in [2.24, 2.45) is 5.73 Å². The topological polar surface area (TPSA) is 77.0 Å². The van der Waals surface area contributed by atoms with Crippen molar-refractivity contribution in [3.63, 3.8) is 0 Å². The molecule has 1 heterocycles. The number of hydrogen-bond acceptors (Lipinski definition) is 5. The lowest BCUT2D eigenvalue weighted by Crippen LogP contribution is -2.13.